The molecule has 2 heteroatoms. The lowest BCUT2D eigenvalue weighted by Gasteiger charge is -1.95. The molecule has 0 aromatic heterocycles. The summed E-state index contributed by atoms with van der Waals surface area (Å²) in [4.78, 5) is 11.0. The van der Waals surface area contributed by atoms with E-state index < -0.39 is 0 Å². The van der Waals surface area contributed by atoms with Crippen molar-refractivity contribution in [1.82, 2.24) is 0 Å². The number of unbranched alkanes of at least 4 members (excludes halogenated alkanes) is 1. The zero-order chi connectivity index (χ0) is 7.98. The fourth-order valence-corrected chi connectivity index (χ4v) is 1.56. The van der Waals surface area contributed by atoms with E-state index >= 15 is 0 Å². The van der Waals surface area contributed by atoms with Gasteiger partial charge in [0.05, 0.1) is 12.5 Å². The molecule has 0 aliphatic carbocycles. The Morgan fingerprint density at radius 2 is 2.00 bits per heavy atom. The average molecular weight is 161 g/mol. The predicted octanol–water partition coefficient (Wildman–Crippen LogP) is 1.62. The van der Waals surface area contributed by atoms with Gasteiger partial charge in [-0.25, -0.2) is 0 Å². The van der Waals surface area contributed by atoms with E-state index in [-0.39, 0.29) is 0 Å². The highest BCUT2D eigenvalue weighted by molar-refractivity contribution is 7.96. The molecule has 1 nitrogen and oxygen atoms in total. The third kappa shape index (κ3) is 6.14. The second-order valence-corrected chi connectivity index (χ2v) is 5.03. The number of carbonyl (C=O) groups is 1. The molecule has 0 heterocycles. The summed E-state index contributed by atoms with van der Waals surface area (Å²) >= 11 is 0. The number of ketones is 1. The van der Waals surface area contributed by atoms with Crippen molar-refractivity contribution >= 4 is 16.7 Å². The molecule has 0 rings (SSSR count). The fourth-order valence-electron chi connectivity index (χ4n) is 0.768. The Bertz CT molecular complexity index is 99.4. The lowest BCUT2D eigenvalue weighted by molar-refractivity contribution is -0.116. The molecule has 0 N–H and O–H groups in total. The van der Waals surface area contributed by atoms with E-state index in [9.17, 15) is 4.79 Å². The number of hydrogen-bond donors (Lipinski definition) is 0. The molecule has 0 spiro atoms. The van der Waals surface area contributed by atoms with Crippen LogP contribution >= 0.6 is 0 Å². The minimum Gasteiger partial charge on any atom is -0.294 e. The van der Waals surface area contributed by atoms with Crippen LogP contribution < -0.4 is 0 Å². The molecular formula is C8H17OS+. The standard InChI is InChI=1S/C8H17OS/c1-4-5-6-8(9)7-10(2)3/h4-7H2,1-3H3/q+1. The van der Waals surface area contributed by atoms with Crippen molar-refractivity contribution in [3.63, 3.8) is 0 Å². The maximum Gasteiger partial charge on any atom is 0.181 e. The first kappa shape index (κ1) is 10.0. The zero-order valence-corrected chi connectivity index (χ0v) is 7.96. The Kier molecular flexibility index (Phi) is 5.79. The third-order valence-electron chi connectivity index (χ3n) is 1.26. The summed E-state index contributed by atoms with van der Waals surface area (Å²) in [6.07, 6.45) is 7.22. The molecule has 0 atom stereocenters. The molecule has 10 heavy (non-hydrogen) atoms. The van der Waals surface area contributed by atoms with Crippen LogP contribution in [0.15, 0.2) is 0 Å². The van der Waals surface area contributed by atoms with Crippen molar-refractivity contribution in [2.45, 2.75) is 26.2 Å². The van der Waals surface area contributed by atoms with Crippen molar-refractivity contribution in [1.29, 1.82) is 0 Å². The van der Waals surface area contributed by atoms with Gasteiger partial charge in [-0.15, -0.1) is 0 Å². The lowest BCUT2D eigenvalue weighted by Crippen LogP contribution is -2.12. The van der Waals surface area contributed by atoms with Crippen LogP contribution in [0, 0.1) is 0 Å². The van der Waals surface area contributed by atoms with E-state index in [1.807, 2.05) is 0 Å². The van der Waals surface area contributed by atoms with Crippen LogP contribution in [0.3, 0.4) is 0 Å². The van der Waals surface area contributed by atoms with Gasteiger partial charge in [-0.3, -0.25) is 4.79 Å². The molecule has 0 amide bonds. The van der Waals surface area contributed by atoms with Crippen molar-refractivity contribution in [3.8, 4) is 0 Å². The number of Topliss-reactive ketones (excluding diaryl/α,β-unsaturated/α-hetero) is 1. The maximum atomic E-state index is 11.0. The predicted molar refractivity (Wildman–Crippen MR) is 48.6 cm³/mol. The van der Waals surface area contributed by atoms with Gasteiger partial charge in [-0.1, -0.05) is 13.3 Å². The SMILES string of the molecule is CCCCC(=O)C[S+](C)C. The summed E-state index contributed by atoms with van der Waals surface area (Å²) in [7, 11) is 0.301. The molecule has 0 saturated carbocycles. The van der Waals surface area contributed by atoms with Gasteiger partial charge in [0.15, 0.2) is 11.5 Å². The van der Waals surface area contributed by atoms with Crippen LogP contribution in [0.5, 0.6) is 0 Å². The van der Waals surface area contributed by atoms with Gasteiger partial charge in [0.1, 0.15) is 0 Å². The van der Waals surface area contributed by atoms with E-state index in [2.05, 4.69) is 19.4 Å². The first-order chi connectivity index (χ1) is 4.66. The molecule has 0 saturated heterocycles. The molecular weight excluding hydrogens is 144 g/mol. The van der Waals surface area contributed by atoms with Crippen LogP contribution in [0.2, 0.25) is 0 Å². The normalized spacial score (nSPS) is 10.4. The van der Waals surface area contributed by atoms with E-state index in [0.29, 0.717) is 16.7 Å². The van der Waals surface area contributed by atoms with Crippen LogP contribution in [0.25, 0.3) is 0 Å². The molecule has 60 valence electrons. The number of rotatable bonds is 5. The summed E-state index contributed by atoms with van der Waals surface area (Å²) < 4.78 is 0. The van der Waals surface area contributed by atoms with Crippen molar-refractivity contribution in [2.75, 3.05) is 18.3 Å². The van der Waals surface area contributed by atoms with Gasteiger partial charge in [-0.2, -0.15) is 0 Å². The van der Waals surface area contributed by atoms with E-state index in [4.69, 9.17) is 0 Å². The molecule has 0 fully saturated rings. The first-order valence-electron chi connectivity index (χ1n) is 3.72. The molecule has 0 aromatic carbocycles. The Morgan fingerprint density at radius 3 is 2.40 bits per heavy atom. The summed E-state index contributed by atoms with van der Waals surface area (Å²) in [5.41, 5.74) is 0. The average Bonchev–Trinajstić information content (AvgIpc) is 1.82. The monoisotopic (exact) mass is 161 g/mol. The largest absolute Gasteiger partial charge is 0.294 e. The Morgan fingerprint density at radius 1 is 1.40 bits per heavy atom. The summed E-state index contributed by atoms with van der Waals surface area (Å²) in [6.45, 7) is 2.12. The highest BCUT2D eigenvalue weighted by Crippen LogP contribution is 1.97. The third-order valence-corrected chi connectivity index (χ3v) is 2.16. The summed E-state index contributed by atoms with van der Waals surface area (Å²) in [5, 5.41) is 0. The number of hydrogen-bond acceptors (Lipinski definition) is 1. The zero-order valence-electron chi connectivity index (χ0n) is 7.14. The van der Waals surface area contributed by atoms with E-state index in [1.165, 1.54) is 0 Å². The molecule has 0 unspecified atom stereocenters. The van der Waals surface area contributed by atoms with Crippen LogP contribution in [-0.4, -0.2) is 24.0 Å². The van der Waals surface area contributed by atoms with Gasteiger partial charge >= 0.3 is 0 Å². The maximum absolute atomic E-state index is 11.0. The van der Waals surface area contributed by atoms with E-state index in [0.717, 1.165) is 25.0 Å². The van der Waals surface area contributed by atoms with Gasteiger partial charge in [-0.05, 0) is 17.3 Å². The highest BCUT2D eigenvalue weighted by Gasteiger charge is 2.09. The van der Waals surface area contributed by atoms with Crippen molar-refractivity contribution in [3.05, 3.63) is 0 Å². The molecule has 0 radical (unpaired) electrons. The van der Waals surface area contributed by atoms with Gasteiger partial charge in [0.25, 0.3) is 0 Å². The molecule has 0 aromatic rings. The Balaban J connectivity index is 3.26. The second kappa shape index (κ2) is 5.78. The van der Waals surface area contributed by atoms with Gasteiger partial charge < -0.3 is 0 Å². The van der Waals surface area contributed by atoms with Crippen molar-refractivity contribution in [2.24, 2.45) is 0 Å². The minimum absolute atomic E-state index is 0.301. The quantitative estimate of drug-likeness (QED) is 0.560. The smallest absolute Gasteiger partial charge is 0.181 e. The molecule has 0 aliphatic rings. The topological polar surface area (TPSA) is 17.1 Å². The number of carbonyl (C=O) groups excluding carboxylic acids is 1. The Hall–Kier alpha value is 0.0200. The first-order valence-corrected chi connectivity index (χ1v) is 5.93. The van der Waals surface area contributed by atoms with Crippen LogP contribution in [0.4, 0.5) is 0 Å². The highest BCUT2D eigenvalue weighted by atomic mass is 32.2. The van der Waals surface area contributed by atoms with E-state index in [1.54, 1.807) is 0 Å². The minimum atomic E-state index is 0.301. The van der Waals surface area contributed by atoms with Crippen molar-refractivity contribution < 1.29 is 4.79 Å². The van der Waals surface area contributed by atoms with Crippen LogP contribution in [-0.2, 0) is 15.7 Å². The van der Waals surface area contributed by atoms with Crippen LogP contribution in [0.1, 0.15) is 26.2 Å². The summed E-state index contributed by atoms with van der Waals surface area (Å²) in [6, 6.07) is 0. The lowest BCUT2D eigenvalue weighted by atomic mass is 10.2. The Labute approximate surface area is 66.5 Å². The molecule has 0 aliphatic heterocycles. The fraction of sp³-hybridized carbons (Fsp3) is 0.875. The second-order valence-electron chi connectivity index (χ2n) is 2.77. The van der Waals surface area contributed by atoms with Gasteiger partial charge in [0.2, 0.25) is 0 Å². The summed E-state index contributed by atoms with van der Waals surface area (Å²) in [5.74, 6) is 1.23. The van der Waals surface area contributed by atoms with Gasteiger partial charge in [0, 0.05) is 6.42 Å². The molecule has 0 bridgehead atoms.